The summed E-state index contributed by atoms with van der Waals surface area (Å²) in [6.07, 6.45) is 0.730. The molecule has 11 heavy (non-hydrogen) atoms. The van der Waals surface area contributed by atoms with Gasteiger partial charge in [0, 0.05) is 12.0 Å². The van der Waals surface area contributed by atoms with E-state index in [0.29, 0.717) is 0 Å². The van der Waals surface area contributed by atoms with Crippen molar-refractivity contribution in [2.75, 3.05) is 0 Å². The maximum Gasteiger partial charge on any atom is 0.339 e. The van der Waals surface area contributed by atoms with E-state index in [4.69, 9.17) is 4.74 Å². The van der Waals surface area contributed by atoms with Crippen molar-refractivity contribution < 1.29 is 9.53 Å². The molecular weight excluding hydrogens is 255 g/mol. The van der Waals surface area contributed by atoms with Gasteiger partial charge in [0.15, 0.2) is 0 Å². The molecule has 1 aliphatic rings. The summed E-state index contributed by atoms with van der Waals surface area (Å²) in [6, 6.07) is 0. The molecule has 0 fully saturated rings. The molecule has 0 saturated heterocycles. The second-order valence-electron chi connectivity index (χ2n) is 2.54. The van der Waals surface area contributed by atoms with Crippen molar-refractivity contribution in [1.82, 2.24) is 0 Å². The van der Waals surface area contributed by atoms with Crippen molar-refractivity contribution in [3.8, 4) is 0 Å². The third kappa shape index (κ3) is 1.83. The molecule has 0 radical (unpaired) electrons. The molecule has 0 unspecified atom stereocenters. The number of carbonyl (C=O) groups is 1. The summed E-state index contributed by atoms with van der Waals surface area (Å²) < 4.78 is 6.74. The Kier molecular flexibility index (Phi) is 2.70. The Bertz CT molecular complexity index is 251. The Morgan fingerprint density at radius 2 is 2.18 bits per heavy atom. The molecule has 1 aliphatic heterocycles. The van der Waals surface area contributed by atoms with Crippen LogP contribution >= 0.6 is 22.6 Å². The van der Waals surface area contributed by atoms with Gasteiger partial charge in [0.25, 0.3) is 0 Å². The first-order valence-corrected chi connectivity index (χ1v) is 4.57. The topological polar surface area (TPSA) is 26.3 Å². The molecule has 0 aromatic carbocycles. The Morgan fingerprint density at radius 3 is 2.73 bits per heavy atom. The zero-order valence-corrected chi connectivity index (χ0v) is 8.64. The number of ether oxygens (including phenoxy) is 1. The minimum Gasteiger partial charge on any atom is -0.428 e. The van der Waals surface area contributed by atoms with Crippen molar-refractivity contribution in [3.63, 3.8) is 0 Å². The van der Waals surface area contributed by atoms with E-state index in [1.54, 1.807) is 4.08 Å². The molecule has 0 amide bonds. The number of hydrogen-bond donors (Lipinski definition) is 0. The van der Waals surface area contributed by atoms with Crippen LogP contribution in [-0.4, -0.2) is 5.97 Å². The molecule has 0 saturated carbocycles. The lowest BCUT2D eigenvalue weighted by molar-refractivity contribution is -0.135. The number of allylic oxidation sites excluding steroid dienone is 2. The third-order valence-corrected chi connectivity index (χ3v) is 2.45. The van der Waals surface area contributed by atoms with Crippen LogP contribution in [0.3, 0.4) is 0 Å². The van der Waals surface area contributed by atoms with Crippen molar-refractivity contribution in [2.45, 2.75) is 20.3 Å². The van der Waals surface area contributed by atoms with E-state index in [0.717, 1.165) is 23.3 Å². The standard InChI is InChI=1S/C8H9IO2/c1-5-3-7(4-9)8(10)11-6(5)2/h4H,3H2,1-2H3. The summed E-state index contributed by atoms with van der Waals surface area (Å²) >= 11 is 2.05. The summed E-state index contributed by atoms with van der Waals surface area (Å²) in [4.78, 5) is 11.1. The number of hydrogen-bond acceptors (Lipinski definition) is 2. The molecule has 2 nitrogen and oxygen atoms in total. The number of carbonyl (C=O) groups excluding carboxylic acids is 1. The van der Waals surface area contributed by atoms with E-state index in [2.05, 4.69) is 22.6 Å². The quantitative estimate of drug-likeness (QED) is 0.382. The van der Waals surface area contributed by atoms with Crippen LogP contribution in [0.4, 0.5) is 0 Å². The largest absolute Gasteiger partial charge is 0.428 e. The highest BCUT2D eigenvalue weighted by molar-refractivity contribution is 14.1. The SMILES string of the molecule is CC1=C(C)OC(=O)C(=CI)C1. The predicted molar refractivity (Wildman–Crippen MR) is 51.2 cm³/mol. The first-order chi connectivity index (χ1) is 5.15. The van der Waals surface area contributed by atoms with Crippen LogP contribution in [0.25, 0.3) is 0 Å². The maximum atomic E-state index is 11.1. The molecule has 1 heterocycles. The van der Waals surface area contributed by atoms with Gasteiger partial charge < -0.3 is 4.74 Å². The van der Waals surface area contributed by atoms with Gasteiger partial charge in [-0.1, -0.05) is 22.6 Å². The first-order valence-electron chi connectivity index (χ1n) is 3.33. The fourth-order valence-electron chi connectivity index (χ4n) is 0.857. The summed E-state index contributed by atoms with van der Waals surface area (Å²) in [5.41, 5.74) is 1.88. The zero-order chi connectivity index (χ0) is 8.43. The van der Waals surface area contributed by atoms with Gasteiger partial charge in [0.1, 0.15) is 5.76 Å². The number of cyclic esters (lactones) is 1. The maximum absolute atomic E-state index is 11.1. The minimum atomic E-state index is -0.206. The Labute approximate surface area is 79.4 Å². The summed E-state index contributed by atoms with van der Waals surface area (Å²) in [5.74, 6) is 0.541. The van der Waals surface area contributed by atoms with E-state index < -0.39 is 0 Å². The normalized spacial score (nSPS) is 22.5. The summed E-state index contributed by atoms with van der Waals surface area (Å²) in [5, 5.41) is 0. The van der Waals surface area contributed by atoms with Crippen LogP contribution in [0.5, 0.6) is 0 Å². The van der Waals surface area contributed by atoms with Crippen LogP contribution in [0.2, 0.25) is 0 Å². The van der Waals surface area contributed by atoms with Gasteiger partial charge in [-0.05, 0) is 23.5 Å². The highest BCUT2D eigenvalue weighted by atomic mass is 127. The van der Waals surface area contributed by atoms with Gasteiger partial charge in [-0.2, -0.15) is 0 Å². The molecule has 0 aromatic rings. The Morgan fingerprint density at radius 1 is 1.55 bits per heavy atom. The van der Waals surface area contributed by atoms with E-state index in [-0.39, 0.29) is 5.97 Å². The van der Waals surface area contributed by atoms with Crippen molar-refractivity contribution >= 4 is 28.6 Å². The van der Waals surface area contributed by atoms with E-state index in [1.807, 2.05) is 13.8 Å². The van der Waals surface area contributed by atoms with E-state index >= 15 is 0 Å². The van der Waals surface area contributed by atoms with Gasteiger partial charge in [0.2, 0.25) is 0 Å². The van der Waals surface area contributed by atoms with Gasteiger partial charge >= 0.3 is 5.97 Å². The average molecular weight is 264 g/mol. The third-order valence-electron chi connectivity index (χ3n) is 1.70. The number of esters is 1. The van der Waals surface area contributed by atoms with E-state index in [9.17, 15) is 4.79 Å². The highest BCUT2D eigenvalue weighted by Crippen LogP contribution is 2.24. The Hall–Kier alpha value is -0.320. The molecule has 0 aromatic heterocycles. The number of rotatable bonds is 0. The van der Waals surface area contributed by atoms with Crippen LogP contribution < -0.4 is 0 Å². The minimum absolute atomic E-state index is 0.206. The fraction of sp³-hybridized carbons (Fsp3) is 0.375. The lowest BCUT2D eigenvalue weighted by Gasteiger charge is -2.15. The molecule has 0 bridgehead atoms. The van der Waals surface area contributed by atoms with E-state index in [1.165, 1.54) is 0 Å². The molecule has 0 spiro atoms. The monoisotopic (exact) mass is 264 g/mol. The van der Waals surface area contributed by atoms with Crippen molar-refractivity contribution in [3.05, 3.63) is 21.0 Å². The fourth-order valence-corrected chi connectivity index (χ4v) is 1.33. The predicted octanol–water partition coefficient (Wildman–Crippen LogP) is 2.55. The highest BCUT2D eigenvalue weighted by Gasteiger charge is 2.19. The van der Waals surface area contributed by atoms with Gasteiger partial charge in [-0.25, -0.2) is 4.79 Å². The van der Waals surface area contributed by atoms with Crippen LogP contribution in [-0.2, 0) is 9.53 Å². The second kappa shape index (κ2) is 3.38. The molecule has 60 valence electrons. The Balaban J connectivity index is 2.92. The second-order valence-corrected chi connectivity index (χ2v) is 3.16. The zero-order valence-electron chi connectivity index (χ0n) is 6.48. The smallest absolute Gasteiger partial charge is 0.339 e. The molecular formula is C8H9IO2. The number of halogens is 1. The van der Waals surface area contributed by atoms with Crippen LogP contribution in [0.15, 0.2) is 21.0 Å². The van der Waals surface area contributed by atoms with Crippen LogP contribution in [0.1, 0.15) is 20.3 Å². The van der Waals surface area contributed by atoms with Gasteiger partial charge in [-0.15, -0.1) is 0 Å². The lowest BCUT2D eigenvalue weighted by atomic mass is 10.1. The first kappa shape index (κ1) is 8.77. The molecule has 0 atom stereocenters. The summed E-state index contributed by atoms with van der Waals surface area (Å²) in [7, 11) is 0. The van der Waals surface area contributed by atoms with Crippen LogP contribution in [0, 0.1) is 0 Å². The molecule has 0 N–H and O–H groups in total. The lowest BCUT2D eigenvalue weighted by Crippen LogP contribution is -2.13. The summed E-state index contributed by atoms with van der Waals surface area (Å²) in [6.45, 7) is 3.79. The van der Waals surface area contributed by atoms with Crippen molar-refractivity contribution in [2.24, 2.45) is 0 Å². The van der Waals surface area contributed by atoms with Gasteiger partial charge in [0.05, 0.1) is 0 Å². The molecule has 3 heteroatoms. The molecule has 1 rings (SSSR count). The average Bonchev–Trinajstić information content (AvgIpc) is 1.97. The van der Waals surface area contributed by atoms with Crippen molar-refractivity contribution in [1.29, 1.82) is 0 Å². The molecule has 0 aliphatic carbocycles. The van der Waals surface area contributed by atoms with Gasteiger partial charge in [-0.3, -0.25) is 0 Å².